The molecule has 0 bridgehead atoms. The van der Waals surface area contributed by atoms with Crippen LogP contribution < -0.4 is 4.90 Å². The van der Waals surface area contributed by atoms with Crippen LogP contribution in [0, 0.1) is 0 Å². The van der Waals surface area contributed by atoms with Crippen molar-refractivity contribution in [2.45, 2.75) is 32.6 Å². The lowest BCUT2D eigenvalue weighted by molar-refractivity contribution is 0.285. The molecular formula is C16H23N5OS. The molecule has 0 unspecified atom stereocenters. The molecule has 0 aliphatic carbocycles. The molecule has 0 saturated carbocycles. The number of hydrogen-bond acceptors (Lipinski definition) is 7. The first-order valence-electron chi connectivity index (χ1n) is 7.97. The number of benzene rings is 1. The van der Waals surface area contributed by atoms with Crippen LogP contribution in [-0.4, -0.2) is 35.0 Å². The summed E-state index contributed by atoms with van der Waals surface area (Å²) in [5.74, 6) is 0. The third-order valence-corrected chi connectivity index (χ3v) is 4.01. The van der Waals surface area contributed by atoms with Crippen LogP contribution in [0.4, 0.5) is 16.5 Å². The zero-order valence-electron chi connectivity index (χ0n) is 13.4. The van der Waals surface area contributed by atoms with Crippen LogP contribution in [-0.2, 0) is 0 Å². The quantitative estimate of drug-likeness (QED) is 0.518. The zero-order valence-corrected chi connectivity index (χ0v) is 14.2. The molecule has 0 saturated heterocycles. The third kappa shape index (κ3) is 6.03. The number of aromatic nitrogens is 2. The predicted molar refractivity (Wildman–Crippen MR) is 94.0 cm³/mol. The van der Waals surface area contributed by atoms with E-state index in [-0.39, 0.29) is 6.61 Å². The molecule has 1 N–H and O–H groups in total. The summed E-state index contributed by atoms with van der Waals surface area (Å²) >= 11 is 1.36. The Hall–Kier alpha value is -1.86. The second kappa shape index (κ2) is 10.0. The van der Waals surface area contributed by atoms with Gasteiger partial charge in [0.2, 0.25) is 0 Å². The van der Waals surface area contributed by atoms with E-state index in [1.165, 1.54) is 23.4 Å². The van der Waals surface area contributed by atoms with Crippen molar-refractivity contribution in [3.63, 3.8) is 0 Å². The standard InChI is InChI=1S/C16H23N5OS/c1-2-3-10-21(11-4-5-12-22)15-8-6-14(7-9-15)18-20-16-19-17-13-23-16/h6-9,13,22H,2-5,10-12H2,1H3. The van der Waals surface area contributed by atoms with Crippen molar-refractivity contribution in [3.05, 3.63) is 29.8 Å². The van der Waals surface area contributed by atoms with Gasteiger partial charge in [-0.2, -0.15) is 0 Å². The smallest absolute Gasteiger partial charge is 0.251 e. The van der Waals surface area contributed by atoms with Crippen LogP contribution in [0.5, 0.6) is 0 Å². The maximum Gasteiger partial charge on any atom is 0.251 e. The van der Waals surface area contributed by atoms with Crippen LogP contribution in [0.25, 0.3) is 0 Å². The summed E-state index contributed by atoms with van der Waals surface area (Å²) in [5, 5.41) is 25.3. The Kier molecular flexibility index (Phi) is 7.62. The SMILES string of the molecule is CCCCN(CCCCO)c1ccc(N=Nc2nncs2)cc1. The average molecular weight is 333 g/mol. The fraction of sp³-hybridized carbons (Fsp3) is 0.500. The Morgan fingerprint density at radius 3 is 2.52 bits per heavy atom. The van der Waals surface area contributed by atoms with Crippen molar-refractivity contribution in [3.8, 4) is 0 Å². The number of azo groups is 1. The molecule has 1 aromatic heterocycles. The van der Waals surface area contributed by atoms with Gasteiger partial charge >= 0.3 is 0 Å². The number of rotatable bonds is 10. The molecule has 0 fully saturated rings. The first-order valence-corrected chi connectivity index (χ1v) is 8.85. The van der Waals surface area contributed by atoms with E-state index in [9.17, 15) is 0 Å². The Morgan fingerprint density at radius 1 is 1.09 bits per heavy atom. The topological polar surface area (TPSA) is 74.0 Å². The van der Waals surface area contributed by atoms with Gasteiger partial charge in [0.25, 0.3) is 5.13 Å². The Labute approximate surface area is 140 Å². The number of nitrogens with zero attached hydrogens (tertiary/aromatic N) is 5. The van der Waals surface area contributed by atoms with Crippen molar-refractivity contribution >= 4 is 27.8 Å². The Morgan fingerprint density at radius 2 is 1.87 bits per heavy atom. The fourth-order valence-corrected chi connectivity index (χ4v) is 2.55. The van der Waals surface area contributed by atoms with Gasteiger partial charge in [-0.3, -0.25) is 0 Å². The number of unbranched alkanes of at least 4 members (excludes halogenated alkanes) is 2. The maximum absolute atomic E-state index is 8.95. The summed E-state index contributed by atoms with van der Waals surface area (Å²) in [5.41, 5.74) is 3.62. The molecule has 1 heterocycles. The second-order valence-corrected chi connectivity index (χ2v) is 6.02. The molecule has 0 radical (unpaired) electrons. The molecular weight excluding hydrogens is 310 g/mol. The monoisotopic (exact) mass is 333 g/mol. The molecule has 0 spiro atoms. The number of anilines is 1. The van der Waals surface area contributed by atoms with Crippen LogP contribution >= 0.6 is 11.3 Å². The van der Waals surface area contributed by atoms with Gasteiger partial charge in [0.15, 0.2) is 0 Å². The van der Waals surface area contributed by atoms with Gasteiger partial charge in [-0.25, -0.2) is 0 Å². The van der Waals surface area contributed by atoms with Gasteiger partial charge in [0.05, 0.1) is 5.69 Å². The third-order valence-electron chi connectivity index (χ3n) is 3.43. The van der Waals surface area contributed by atoms with Gasteiger partial charge in [0, 0.05) is 25.4 Å². The Balaban J connectivity index is 1.98. The molecule has 6 nitrogen and oxygen atoms in total. The lowest BCUT2D eigenvalue weighted by Gasteiger charge is -2.24. The van der Waals surface area contributed by atoms with E-state index in [1.807, 2.05) is 12.1 Å². The normalized spacial score (nSPS) is 11.2. The van der Waals surface area contributed by atoms with E-state index in [0.29, 0.717) is 5.13 Å². The molecule has 7 heteroatoms. The van der Waals surface area contributed by atoms with E-state index in [2.05, 4.69) is 44.4 Å². The van der Waals surface area contributed by atoms with Crippen molar-refractivity contribution in [2.75, 3.05) is 24.6 Å². The summed E-state index contributed by atoms with van der Waals surface area (Å²) in [7, 11) is 0. The Bertz CT molecular complexity index is 571. The molecule has 2 aromatic rings. The molecule has 0 aliphatic rings. The molecule has 23 heavy (non-hydrogen) atoms. The minimum Gasteiger partial charge on any atom is -0.396 e. The fourth-order valence-electron chi connectivity index (χ4n) is 2.17. The molecule has 0 atom stereocenters. The molecule has 124 valence electrons. The van der Waals surface area contributed by atoms with Crippen LogP contribution in [0.15, 0.2) is 40.0 Å². The van der Waals surface area contributed by atoms with E-state index < -0.39 is 0 Å². The second-order valence-electron chi connectivity index (χ2n) is 5.21. The van der Waals surface area contributed by atoms with Gasteiger partial charge in [-0.05, 0) is 43.5 Å². The zero-order chi connectivity index (χ0) is 16.3. The summed E-state index contributed by atoms with van der Waals surface area (Å²) in [6, 6.07) is 8.07. The predicted octanol–water partition coefficient (Wildman–Crippen LogP) is 4.33. The molecule has 1 aromatic carbocycles. The highest BCUT2D eigenvalue weighted by atomic mass is 32.1. The van der Waals surface area contributed by atoms with Crippen LogP contribution in [0.1, 0.15) is 32.6 Å². The highest BCUT2D eigenvalue weighted by molar-refractivity contribution is 7.13. The molecule has 2 rings (SSSR count). The minimum atomic E-state index is 0.257. The van der Waals surface area contributed by atoms with E-state index in [1.54, 1.807) is 5.51 Å². The highest BCUT2D eigenvalue weighted by Crippen LogP contribution is 2.23. The van der Waals surface area contributed by atoms with Gasteiger partial charge in [-0.15, -0.1) is 20.4 Å². The maximum atomic E-state index is 8.95. The van der Waals surface area contributed by atoms with Crippen molar-refractivity contribution in [1.82, 2.24) is 10.2 Å². The minimum absolute atomic E-state index is 0.257. The molecule has 0 aliphatic heterocycles. The van der Waals surface area contributed by atoms with Crippen LogP contribution in [0.3, 0.4) is 0 Å². The largest absolute Gasteiger partial charge is 0.396 e. The van der Waals surface area contributed by atoms with Crippen LogP contribution in [0.2, 0.25) is 0 Å². The number of aliphatic hydroxyl groups is 1. The lowest BCUT2D eigenvalue weighted by Crippen LogP contribution is -2.25. The summed E-state index contributed by atoms with van der Waals surface area (Å²) in [6.07, 6.45) is 4.18. The highest BCUT2D eigenvalue weighted by Gasteiger charge is 2.06. The van der Waals surface area contributed by atoms with Crippen molar-refractivity contribution < 1.29 is 5.11 Å². The van der Waals surface area contributed by atoms with E-state index >= 15 is 0 Å². The summed E-state index contributed by atoms with van der Waals surface area (Å²) in [6.45, 7) is 4.45. The first-order chi connectivity index (χ1) is 11.3. The average Bonchev–Trinajstić information content (AvgIpc) is 3.10. The number of aliphatic hydroxyl groups excluding tert-OH is 1. The van der Waals surface area contributed by atoms with Gasteiger partial charge < -0.3 is 10.0 Å². The first kappa shape index (κ1) is 17.5. The van der Waals surface area contributed by atoms with Crippen molar-refractivity contribution in [1.29, 1.82) is 0 Å². The summed E-state index contributed by atoms with van der Waals surface area (Å²) in [4.78, 5) is 2.37. The number of hydrogen-bond donors (Lipinski definition) is 1. The van der Waals surface area contributed by atoms with Crippen molar-refractivity contribution in [2.24, 2.45) is 10.2 Å². The van der Waals surface area contributed by atoms with Gasteiger partial charge in [0.1, 0.15) is 5.51 Å². The van der Waals surface area contributed by atoms with E-state index in [4.69, 9.17) is 5.11 Å². The summed E-state index contributed by atoms with van der Waals surface area (Å²) < 4.78 is 0. The van der Waals surface area contributed by atoms with Gasteiger partial charge in [-0.1, -0.05) is 24.7 Å². The lowest BCUT2D eigenvalue weighted by atomic mass is 10.2. The molecule has 0 amide bonds. The van der Waals surface area contributed by atoms with E-state index in [0.717, 1.165) is 38.0 Å².